The molecule has 1 atom stereocenters. The molecule has 1 aliphatic heterocycles. The Kier molecular flexibility index (Phi) is 7.52. The van der Waals surface area contributed by atoms with Crippen molar-refractivity contribution in [3.63, 3.8) is 0 Å². The van der Waals surface area contributed by atoms with Crippen molar-refractivity contribution in [2.24, 2.45) is 0 Å². The lowest BCUT2D eigenvalue weighted by Crippen LogP contribution is -2.24. The van der Waals surface area contributed by atoms with Crippen molar-refractivity contribution in [2.45, 2.75) is 6.04 Å². The second-order valence-corrected chi connectivity index (χ2v) is 14.4. The Morgan fingerprint density at radius 1 is 0.429 bits per heavy atom. The van der Waals surface area contributed by atoms with Gasteiger partial charge in [0.2, 0.25) is 0 Å². The molecule has 0 saturated heterocycles. The number of benzene rings is 7. The Morgan fingerprint density at radius 3 is 1.70 bits per heavy atom. The van der Waals surface area contributed by atoms with E-state index in [1.807, 2.05) is 0 Å². The van der Waals surface area contributed by atoms with Crippen LogP contribution in [-0.4, -0.2) is 14.1 Å². The average Bonchev–Trinajstić information content (AvgIpc) is 3.80. The molecule has 3 aromatic heterocycles. The lowest BCUT2D eigenvalue weighted by Gasteiger charge is -2.25. The van der Waals surface area contributed by atoms with E-state index >= 15 is 0 Å². The van der Waals surface area contributed by atoms with E-state index in [4.69, 9.17) is 4.98 Å². The summed E-state index contributed by atoms with van der Waals surface area (Å²) < 4.78 is 4.79. The smallest absolute Gasteiger partial charge is 0.138 e. The first-order chi connectivity index (χ1) is 27.8. The maximum absolute atomic E-state index is 5.42. The van der Waals surface area contributed by atoms with Crippen LogP contribution in [0.3, 0.4) is 0 Å². The zero-order valence-electron chi connectivity index (χ0n) is 30.5. The topological polar surface area (TPSA) is 34.8 Å². The number of allylic oxidation sites excluding steroid dienone is 2. The molecule has 0 amide bonds. The minimum atomic E-state index is -0.00932. The Bertz CT molecular complexity index is 3170. The Hall–Kier alpha value is -7.43. The van der Waals surface area contributed by atoms with Crippen molar-refractivity contribution in [1.29, 1.82) is 0 Å². The predicted octanol–water partition coefficient (Wildman–Crippen LogP) is 13.0. The van der Waals surface area contributed by atoms with E-state index < -0.39 is 0 Å². The molecule has 4 heteroatoms. The van der Waals surface area contributed by atoms with Crippen molar-refractivity contribution in [2.75, 3.05) is 0 Å². The summed E-state index contributed by atoms with van der Waals surface area (Å²) in [6.07, 6.45) is 6.64. The maximum atomic E-state index is 5.42. The van der Waals surface area contributed by atoms with E-state index in [9.17, 15) is 0 Å². The van der Waals surface area contributed by atoms with Gasteiger partial charge in [-0.05, 0) is 70.3 Å². The molecule has 7 aromatic carbocycles. The number of pyridine rings is 1. The SMILES string of the molecule is C1=CC(c2cccc(-c3ccccc3)c2)NC(n2c3ccccc3c3ccc4c5ccccc5n(-c5cccc(-c6cccc(-c7ccccc7)c6)n5)c4c32)=C1. The fourth-order valence-electron chi connectivity index (χ4n) is 8.58. The molecule has 4 nitrogen and oxygen atoms in total. The van der Waals surface area contributed by atoms with Crippen molar-refractivity contribution in [3.05, 3.63) is 212 Å². The third-order valence-electron chi connectivity index (χ3n) is 11.2. The lowest BCUT2D eigenvalue weighted by atomic mass is 9.98. The van der Waals surface area contributed by atoms with Gasteiger partial charge in [0.15, 0.2) is 0 Å². The fourth-order valence-corrected chi connectivity index (χ4v) is 8.58. The van der Waals surface area contributed by atoms with E-state index in [-0.39, 0.29) is 6.04 Å². The highest BCUT2D eigenvalue weighted by molar-refractivity contribution is 6.24. The molecule has 1 N–H and O–H groups in total. The van der Waals surface area contributed by atoms with Gasteiger partial charge >= 0.3 is 0 Å². The molecule has 0 saturated carbocycles. The van der Waals surface area contributed by atoms with Gasteiger partial charge in [-0.25, -0.2) is 4.98 Å². The van der Waals surface area contributed by atoms with Crippen LogP contribution in [0, 0.1) is 0 Å². The first-order valence-electron chi connectivity index (χ1n) is 19.2. The van der Waals surface area contributed by atoms with Gasteiger partial charge < -0.3 is 5.32 Å². The zero-order valence-corrected chi connectivity index (χ0v) is 30.5. The van der Waals surface area contributed by atoms with Crippen molar-refractivity contribution in [1.82, 2.24) is 19.4 Å². The summed E-state index contributed by atoms with van der Waals surface area (Å²) in [6, 6.07) is 67.1. The van der Waals surface area contributed by atoms with E-state index in [0.29, 0.717) is 0 Å². The summed E-state index contributed by atoms with van der Waals surface area (Å²) in [6.45, 7) is 0. The molecule has 0 spiro atoms. The van der Waals surface area contributed by atoms with E-state index in [1.165, 1.54) is 49.4 Å². The molecule has 0 radical (unpaired) electrons. The molecule has 264 valence electrons. The summed E-state index contributed by atoms with van der Waals surface area (Å²) in [4.78, 5) is 5.42. The zero-order chi connectivity index (χ0) is 37.0. The Morgan fingerprint density at radius 2 is 0.982 bits per heavy atom. The average molecular weight is 717 g/mol. The number of hydrogen-bond donors (Lipinski definition) is 1. The number of fused-ring (bicyclic) bond motifs is 7. The van der Waals surface area contributed by atoms with Gasteiger partial charge in [-0.15, -0.1) is 0 Å². The van der Waals surface area contributed by atoms with Gasteiger partial charge in [-0.1, -0.05) is 164 Å². The molecule has 0 fully saturated rings. The number of nitrogens with zero attached hydrogens (tertiary/aromatic N) is 3. The second-order valence-electron chi connectivity index (χ2n) is 14.4. The molecule has 4 heterocycles. The van der Waals surface area contributed by atoms with Gasteiger partial charge in [0.05, 0.1) is 33.8 Å². The van der Waals surface area contributed by atoms with Crippen LogP contribution < -0.4 is 5.32 Å². The van der Waals surface area contributed by atoms with Gasteiger partial charge in [0.25, 0.3) is 0 Å². The van der Waals surface area contributed by atoms with Crippen molar-refractivity contribution >= 4 is 49.4 Å². The van der Waals surface area contributed by atoms with Crippen LogP contribution in [0.15, 0.2) is 206 Å². The molecule has 11 rings (SSSR count). The fraction of sp³-hybridized carbons (Fsp3) is 0.0192. The van der Waals surface area contributed by atoms with Crippen molar-refractivity contribution in [3.8, 4) is 39.3 Å². The van der Waals surface area contributed by atoms with Gasteiger partial charge in [0.1, 0.15) is 11.6 Å². The minimum absolute atomic E-state index is 0.00932. The van der Waals surface area contributed by atoms with Crippen LogP contribution >= 0.6 is 0 Å². The van der Waals surface area contributed by atoms with Gasteiger partial charge in [0, 0.05) is 27.1 Å². The summed E-state index contributed by atoms with van der Waals surface area (Å²) in [5, 5.41) is 8.75. The number of hydrogen-bond acceptors (Lipinski definition) is 2. The molecule has 10 aromatic rings. The molecule has 1 aliphatic rings. The first kappa shape index (κ1) is 32.0. The molecule has 56 heavy (non-hydrogen) atoms. The van der Waals surface area contributed by atoms with Crippen LogP contribution in [0.1, 0.15) is 11.6 Å². The third kappa shape index (κ3) is 5.26. The highest BCUT2D eigenvalue weighted by Gasteiger charge is 2.24. The molecule has 0 bridgehead atoms. The van der Waals surface area contributed by atoms with E-state index in [1.54, 1.807) is 0 Å². The predicted molar refractivity (Wildman–Crippen MR) is 234 cm³/mol. The number of rotatable bonds is 6. The minimum Gasteiger partial charge on any atom is -0.361 e. The van der Waals surface area contributed by atoms with Gasteiger partial charge in [-0.3, -0.25) is 9.13 Å². The lowest BCUT2D eigenvalue weighted by molar-refractivity contribution is 0.736. The molecular weight excluding hydrogens is 681 g/mol. The number of aromatic nitrogens is 3. The number of para-hydroxylation sites is 2. The molecule has 0 aliphatic carbocycles. The molecule has 1 unspecified atom stereocenters. The summed E-state index contributed by atoms with van der Waals surface area (Å²) in [5.41, 5.74) is 12.5. The van der Waals surface area contributed by atoms with Crippen LogP contribution in [0.4, 0.5) is 0 Å². The summed E-state index contributed by atoms with van der Waals surface area (Å²) in [5.74, 6) is 1.90. The normalized spacial score (nSPS) is 14.1. The highest BCUT2D eigenvalue weighted by Crippen LogP contribution is 2.42. The summed E-state index contributed by atoms with van der Waals surface area (Å²) in [7, 11) is 0. The number of nitrogens with one attached hydrogen (secondary N) is 1. The van der Waals surface area contributed by atoms with Crippen LogP contribution in [0.5, 0.6) is 0 Å². The maximum Gasteiger partial charge on any atom is 0.138 e. The quantitative estimate of drug-likeness (QED) is 0.186. The second kappa shape index (κ2) is 13.2. The Labute approximate surface area is 324 Å². The monoisotopic (exact) mass is 716 g/mol. The van der Waals surface area contributed by atoms with Crippen molar-refractivity contribution < 1.29 is 0 Å². The van der Waals surface area contributed by atoms with E-state index in [2.05, 4.69) is 221 Å². The van der Waals surface area contributed by atoms with Crippen LogP contribution in [-0.2, 0) is 0 Å². The van der Waals surface area contributed by atoms with E-state index in [0.717, 1.165) is 45.0 Å². The highest BCUT2D eigenvalue weighted by atomic mass is 15.2. The molecular formula is C52H36N4. The van der Waals surface area contributed by atoms with Crippen LogP contribution in [0.2, 0.25) is 0 Å². The first-order valence-corrected chi connectivity index (χ1v) is 19.2. The largest absolute Gasteiger partial charge is 0.361 e. The number of dihydropyridines is 1. The van der Waals surface area contributed by atoms with Gasteiger partial charge in [-0.2, -0.15) is 0 Å². The van der Waals surface area contributed by atoms with Crippen LogP contribution in [0.25, 0.3) is 88.8 Å². The standard InChI is InChI=1S/C52H36N4/c1-3-15-35(16-4-1)37-19-11-21-39(33-37)45-25-13-29-49(53-45)55-47-27-9-7-23-41(47)43-31-32-44-42-24-8-10-28-48(42)56(52(44)51(43)55)50-30-14-26-46(54-50)40-22-12-20-38(34-40)36-17-5-2-6-18-36/h1-34,45,53H. The Balaban J connectivity index is 1.11. The summed E-state index contributed by atoms with van der Waals surface area (Å²) >= 11 is 0. The third-order valence-corrected chi connectivity index (χ3v) is 11.2.